The summed E-state index contributed by atoms with van der Waals surface area (Å²) in [5.41, 5.74) is 0.229. The predicted molar refractivity (Wildman–Crippen MR) is 66.2 cm³/mol. The molecular formula is C9H12ClN3O3S. The zero-order valence-corrected chi connectivity index (χ0v) is 10.8. The monoisotopic (exact) mass is 277 g/mol. The number of carbonyl (C=O) groups is 1. The maximum Gasteiger partial charge on any atom is 0.296 e. The minimum atomic E-state index is -3.96. The standard InChI is InChI=1S/C9H12ClN3O3S/c1-13(2)9(14)7-4-3-6(10)5-8(7)12-17(11,15)16/h3-5,12H,1-2H3,(H2,11,15,16). The third-order valence-electron chi connectivity index (χ3n) is 1.87. The Labute approximate surface area is 105 Å². The van der Waals surface area contributed by atoms with E-state index in [2.05, 4.69) is 0 Å². The Bertz CT molecular complexity index is 542. The van der Waals surface area contributed by atoms with Gasteiger partial charge in [-0.2, -0.15) is 8.42 Å². The van der Waals surface area contributed by atoms with Crippen LogP contribution in [0.5, 0.6) is 0 Å². The Morgan fingerprint density at radius 1 is 1.41 bits per heavy atom. The van der Waals surface area contributed by atoms with Gasteiger partial charge in [0.25, 0.3) is 16.1 Å². The van der Waals surface area contributed by atoms with Gasteiger partial charge in [-0.25, -0.2) is 5.14 Å². The van der Waals surface area contributed by atoms with Gasteiger partial charge >= 0.3 is 0 Å². The lowest BCUT2D eigenvalue weighted by atomic mass is 10.1. The average Bonchev–Trinajstić information content (AvgIpc) is 2.14. The molecule has 94 valence electrons. The van der Waals surface area contributed by atoms with Gasteiger partial charge in [-0.1, -0.05) is 11.6 Å². The molecule has 0 saturated carbocycles. The molecule has 0 heterocycles. The van der Waals surface area contributed by atoms with E-state index in [-0.39, 0.29) is 17.2 Å². The number of rotatable bonds is 3. The zero-order chi connectivity index (χ0) is 13.2. The largest absolute Gasteiger partial charge is 0.345 e. The molecule has 0 aliphatic heterocycles. The van der Waals surface area contributed by atoms with Gasteiger partial charge in [0.2, 0.25) is 0 Å². The summed E-state index contributed by atoms with van der Waals surface area (Å²) in [6.45, 7) is 0. The number of halogens is 1. The van der Waals surface area contributed by atoms with Crippen molar-refractivity contribution in [1.29, 1.82) is 0 Å². The molecule has 3 N–H and O–H groups in total. The van der Waals surface area contributed by atoms with E-state index < -0.39 is 10.2 Å². The second kappa shape index (κ2) is 4.91. The number of nitrogens with zero attached hydrogens (tertiary/aromatic N) is 1. The van der Waals surface area contributed by atoms with Crippen LogP contribution in [0.1, 0.15) is 10.4 Å². The molecule has 0 saturated heterocycles. The molecule has 1 amide bonds. The highest BCUT2D eigenvalue weighted by atomic mass is 35.5. The van der Waals surface area contributed by atoms with Gasteiger partial charge in [0.1, 0.15) is 0 Å². The SMILES string of the molecule is CN(C)C(=O)c1ccc(Cl)cc1NS(N)(=O)=O. The number of hydrogen-bond acceptors (Lipinski definition) is 3. The van der Waals surface area contributed by atoms with E-state index in [0.717, 1.165) is 0 Å². The van der Waals surface area contributed by atoms with Crippen molar-refractivity contribution in [3.05, 3.63) is 28.8 Å². The van der Waals surface area contributed by atoms with E-state index >= 15 is 0 Å². The van der Waals surface area contributed by atoms with E-state index in [1.54, 1.807) is 14.1 Å². The number of nitrogens with two attached hydrogens (primary N) is 1. The molecule has 1 aromatic carbocycles. The van der Waals surface area contributed by atoms with Gasteiger partial charge in [0.15, 0.2) is 0 Å². The van der Waals surface area contributed by atoms with Gasteiger partial charge in [-0.05, 0) is 18.2 Å². The summed E-state index contributed by atoms with van der Waals surface area (Å²) in [6, 6.07) is 4.24. The Kier molecular flexibility index (Phi) is 3.97. The molecule has 0 aliphatic carbocycles. The molecular weight excluding hydrogens is 266 g/mol. The molecule has 0 fully saturated rings. The normalized spacial score (nSPS) is 11.1. The molecule has 8 heteroatoms. The van der Waals surface area contributed by atoms with Crippen molar-refractivity contribution in [3.63, 3.8) is 0 Å². The molecule has 1 aromatic rings. The highest BCUT2D eigenvalue weighted by Gasteiger charge is 2.16. The molecule has 1 rings (SSSR count). The molecule has 0 spiro atoms. The highest BCUT2D eigenvalue weighted by Crippen LogP contribution is 2.22. The van der Waals surface area contributed by atoms with Gasteiger partial charge < -0.3 is 4.90 Å². The van der Waals surface area contributed by atoms with Crippen molar-refractivity contribution in [3.8, 4) is 0 Å². The Hall–Kier alpha value is -1.31. The molecule has 0 aliphatic rings. The first-order valence-corrected chi connectivity index (χ1v) is 6.45. The fourth-order valence-electron chi connectivity index (χ4n) is 1.18. The summed E-state index contributed by atoms with van der Waals surface area (Å²) in [5, 5.41) is 5.15. The molecule has 0 unspecified atom stereocenters. The molecule has 0 atom stereocenters. The first-order valence-electron chi connectivity index (χ1n) is 4.52. The molecule has 0 bridgehead atoms. The van der Waals surface area contributed by atoms with Crippen molar-refractivity contribution in [1.82, 2.24) is 4.90 Å². The third kappa shape index (κ3) is 3.88. The van der Waals surface area contributed by atoms with E-state index in [4.69, 9.17) is 16.7 Å². The highest BCUT2D eigenvalue weighted by molar-refractivity contribution is 7.90. The number of benzene rings is 1. The minimum Gasteiger partial charge on any atom is -0.345 e. The smallest absolute Gasteiger partial charge is 0.296 e. The van der Waals surface area contributed by atoms with Crippen molar-refractivity contribution in [2.45, 2.75) is 0 Å². The van der Waals surface area contributed by atoms with Crippen LogP contribution >= 0.6 is 11.6 Å². The van der Waals surface area contributed by atoms with E-state index in [1.807, 2.05) is 4.72 Å². The van der Waals surface area contributed by atoms with Crippen LogP contribution in [-0.2, 0) is 10.2 Å². The molecule has 17 heavy (non-hydrogen) atoms. The molecule has 0 radical (unpaired) electrons. The summed E-state index contributed by atoms with van der Waals surface area (Å²) < 4.78 is 24.0. The Balaban J connectivity index is 3.26. The first kappa shape index (κ1) is 13.8. The van der Waals surface area contributed by atoms with Gasteiger partial charge in [-0.15, -0.1) is 0 Å². The van der Waals surface area contributed by atoms with Gasteiger partial charge in [0.05, 0.1) is 11.3 Å². The second-order valence-electron chi connectivity index (χ2n) is 3.54. The topological polar surface area (TPSA) is 92.5 Å². The number of nitrogens with one attached hydrogen (secondary N) is 1. The lowest BCUT2D eigenvalue weighted by Gasteiger charge is -2.14. The number of amides is 1. The predicted octanol–water partition coefficient (Wildman–Crippen LogP) is 0.657. The van der Waals surface area contributed by atoms with Crippen LogP contribution in [0.2, 0.25) is 5.02 Å². The Morgan fingerprint density at radius 2 is 2.00 bits per heavy atom. The summed E-state index contributed by atoms with van der Waals surface area (Å²) >= 11 is 5.73. The minimum absolute atomic E-state index is 0.0544. The molecule has 6 nitrogen and oxygen atoms in total. The summed E-state index contributed by atoms with van der Waals surface area (Å²) in [4.78, 5) is 13.1. The second-order valence-corrected chi connectivity index (χ2v) is 5.27. The summed E-state index contributed by atoms with van der Waals surface area (Å²) in [5.74, 6) is -0.354. The quantitative estimate of drug-likeness (QED) is 0.850. The van der Waals surface area contributed by atoms with Crippen molar-refractivity contribution >= 4 is 33.4 Å². The van der Waals surface area contributed by atoms with E-state index in [0.29, 0.717) is 5.02 Å². The number of anilines is 1. The number of carbonyl (C=O) groups excluding carboxylic acids is 1. The number of hydrogen-bond donors (Lipinski definition) is 2. The van der Waals surface area contributed by atoms with Gasteiger partial charge in [-0.3, -0.25) is 9.52 Å². The Morgan fingerprint density at radius 3 is 2.47 bits per heavy atom. The van der Waals surface area contributed by atoms with Crippen molar-refractivity contribution in [2.75, 3.05) is 18.8 Å². The van der Waals surface area contributed by atoms with Crippen LogP contribution in [0.3, 0.4) is 0 Å². The first-order chi connectivity index (χ1) is 7.70. The van der Waals surface area contributed by atoms with Crippen LogP contribution in [0.25, 0.3) is 0 Å². The maximum atomic E-state index is 11.8. The van der Waals surface area contributed by atoms with E-state index in [9.17, 15) is 13.2 Å². The zero-order valence-electron chi connectivity index (χ0n) is 9.27. The van der Waals surface area contributed by atoms with Crippen LogP contribution in [0.15, 0.2) is 18.2 Å². The lowest BCUT2D eigenvalue weighted by molar-refractivity contribution is 0.0828. The molecule has 0 aromatic heterocycles. The average molecular weight is 278 g/mol. The lowest BCUT2D eigenvalue weighted by Crippen LogP contribution is -2.26. The van der Waals surface area contributed by atoms with Crippen LogP contribution < -0.4 is 9.86 Å². The van der Waals surface area contributed by atoms with Crippen LogP contribution in [-0.4, -0.2) is 33.3 Å². The van der Waals surface area contributed by atoms with Crippen molar-refractivity contribution in [2.24, 2.45) is 5.14 Å². The summed E-state index contributed by atoms with van der Waals surface area (Å²) in [6.07, 6.45) is 0. The van der Waals surface area contributed by atoms with Crippen LogP contribution in [0.4, 0.5) is 5.69 Å². The summed E-state index contributed by atoms with van der Waals surface area (Å²) in [7, 11) is -0.849. The fraction of sp³-hybridized carbons (Fsp3) is 0.222. The fourth-order valence-corrected chi connectivity index (χ4v) is 1.83. The van der Waals surface area contributed by atoms with Crippen molar-refractivity contribution < 1.29 is 13.2 Å². The maximum absolute atomic E-state index is 11.8. The third-order valence-corrected chi connectivity index (χ3v) is 2.61. The van der Waals surface area contributed by atoms with E-state index in [1.165, 1.54) is 23.1 Å². The van der Waals surface area contributed by atoms with Gasteiger partial charge in [0, 0.05) is 19.1 Å². The van der Waals surface area contributed by atoms with Crippen LogP contribution in [0, 0.1) is 0 Å².